The van der Waals surface area contributed by atoms with Crippen LogP contribution < -0.4 is 5.32 Å². The van der Waals surface area contributed by atoms with E-state index in [1.54, 1.807) is 0 Å². The van der Waals surface area contributed by atoms with E-state index in [0.717, 1.165) is 12.8 Å². The summed E-state index contributed by atoms with van der Waals surface area (Å²) >= 11 is 0. The summed E-state index contributed by atoms with van der Waals surface area (Å²) in [6.45, 7) is 9.46. The van der Waals surface area contributed by atoms with Gasteiger partial charge in [0, 0.05) is 14.5 Å². The first-order valence-corrected chi connectivity index (χ1v) is 16.7. The normalized spacial score (nSPS) is 12.5. The van der Waals surface area contributed by atoms with E-state index in [2.05, 4.69) is 80.8 Å². The molecule has 3 heteroatoms. The maximum absolute atomic E-state index is 12.8. The number of aryl methyl sites for hydroxylation is 1. The summed E-state index contributed by atoms with van der Waals surface area (Å²) in [6, 6.07) is 21.9. The van der Waals surface area contributed by atoms with E-state index in [1.807, 2.05) is 6.07 Å². The second kappa shape index (κ2) is 15.1. The van der Waals surface area contributed by atoms with Crippen molar-refractivity contribution >= 4 is 14.0 Å². The van der Waals surface area contributed by atoms with Crippen LogP contribution >= 0.6 is 0 Å². The molecule has 1 N–H and O–H groups in total. The van der Waals surface area contributed by atoms with Crippen molar-refractivity contribution in [2.75, 3.05) is 0 Å². The lowest BCUT2D eigenvalue weighted by molar-refractivity contribution is -0.121. The van der Waals surface area contributed by atoms with E-state index < -0.39 is 8.07 Å². The Hall–Kier alpha value is -1.87. The highest BCUT2D eigenvalue weighted by molar-refractivity contribution is 6.77. The summed E-state index contributed by atoms with van der Waals surface area (Å²) in [5.74, 6) is 0.186. The van der Waals surface area contributed by atoms with E-state index in [4.69, 9.17) is 0 Å². The zero-order chi connectivity index (χ0) is 23.9. The molecule has 0 radical (unpaired) electrons. The second-order valence-corrected chi connectivity index (χ2v) is 15.9. The topological polar surface area (TPSA) is 29.1 Å². The molecule has 1 amide bonds. The molecule has 1 atom stereocenters. The Balaban J connectivity index is 1.75. The van der Waals surface area contributed by atoms with Gasteiger partial charge in [0.1, 0.15) is 0 Å². The highest BCUT2D eigenvalue weighted by Crippen LogP contribution is 2.23. The number of nitrogens with one attached hydrogen (secondary N) is 1. The van der Waals surface area contributed by atoms with Crippen LogP contribution in [0, 0.1) is 6.92 Å². The van der Waals surface area contributed by atoms with Crippen LogP contribution in [0.2, 0.25) is 25.2 Å². The Morgan fingerprint density at radius 3 is 2.09 bits per heavy atom. The molecule has 2 nitrogen and oxygen atoms in total. The Bertz CT molecular complexity index is 785. The molecule has 0 aromatic heterocycles. The molecule has 0 aliphatic rings. The molecule has 33 heavy (non-hydrogen) atoms. The molecule has 0 bridgehead atoms. The Morgan fingerprint density at radius 2 is 1.42 bits per heavy atom. The predicted molar refractivity (Wildman–Crippen MR) is 147 cm³/mol. The molecule has 2 aromatic carbocycles. The number of amides is 1. The average molecular weight is 466 g/mol. The molecule has 182 valence electrons. The van der Waals surface area contributed by atoms with Crippen LogP contribution in [0.1, 0.15) is 87.4 Å². The first-order valence-electron chi connectivity index (χ1n) is 13.3. The number of carbonyl (C=O) groups excluding carboxylic acids is 1. The molecule has 2 aromatic rings. The van der Waals surface area contributed by atoms with Gasteiger partial charge in [-0.2, -0.15) is 0 Å². The third-order valence-corrected chi connectivity index (χ3v) is 10.2. The van der Waals surface area contributed by atoms with Crippen molar-refractivity contribution in [3.8, 4) is 0 Å². The Labute approximate surface area is 204 Å². The summed E-state index contributed by atoms with van der Waals surface area (Å²) < 4.78 is 0. The highest BCUT2D eigenvalue weighted by Gasteiger charge is 2.20. The third kappa shape index (κ3) is 11.7. The van der Waals surface area contributed by atoms with Crippen LogP contribution in [0.25, 0.3) is 0 Å². The van der Waals surface area contributed by atoms with Crippen LogP contribution in [0.5, 0.6) is 0 Å². The van der Waals surface area contributed by atoms with Gasteiger partial charge in [-0.05, 0) is 30.9 Å². The molecule has 0 spiro atoms. The lowest BCUT2D eigenvalue weighted by atomic mass is 9.98. The average Bonchev–Trinajstić information content (AvgIpc) is 2.80. The van der Waals surface area contributed by atoms with Gasteiger partial charge < -0.3 is 5.32 Å². The zero-order valence-corrected chi connectivity index (χ0v) is 22.7. The van der Waals surface area contributed by atoms with Gasteiger partial charge in [0.25, 0.3) is 0 Å². The smallest absolute Gasteiger partial charge is 0.220 e. The minimum atomic E-state index is -1.12. The van der Waals surface area contributed by atoms with Crippen LogP contribution in [0.15, 0.2) is 54.6 Å². The number of unbranched alkanes of at least 4 members (excludes halogenated alkanes) is 6. The van der Waals surface area contributed by atoms with Crippen LogP contribution in [-0.4, -0.2) is 14.0 Å². The van der Waals surface area contributed by atoms with Gasteiger partial charge in [-0.3, -0.25) is 4.79 Å². The minimum absolute atomic E-state index is 0.0277. The van der Waals surface area contributed by atoms with Gasteiger partial charge in [-0.25, -0.2) is 0 Å². The molecule has 0 aliphatic heterocycles. The predicted octanol–water partition coefficient (Wildman–Crippen LogP) is 8.63. The summed E-state index contributed by atoms with van der Waals surface area (Å²) in [6.07, 6.45) is 12.0. The van der Waals surface area contributed by atoms with Crippen molar-refractivity contribution in [1.29, 1.82) is 0 Å². The number of carbonyl (C=O) groups is 1. The van der Waals surface area contributed by atoms with Crippen molar-refractivity contribution in [1.82, 2.24) is 5.32 Å². The van der Waals surface area contributed by atoms with Crippen molar-refractivity contribution in [2.24, 2.45) is 0 Å². The number of hydrogen-bond acceptors (Lipinski definition) is 1. The molecule has 1 unspecified atom stereocenters. The van der Waals surface area contributed by atoms with Gasteiger partial charge in [0.15, 0.2) is 0 Å². The fraction of sp³-hybridized carbons (Fsp3) is 0.567. The number of hydrogen-bond donors (Lipinski definition) is 1. The van der Waals surface area contributed by atoms with E-state index >= 15 is 0 Å². The van der Waals surface area contributed by atoms with E-state index in [0.29, 0.717) is 6.42 Å². The maximum Gasteiger partial charge on any atom is 0.220 e. The molecular weight excluding hydrogens is 418 g/mol. The molecule has 0 fully saturated rings. The second-order valence-electron chi connectivity index (χ2n) is 10.6. The first-order chi connectivity index (χ1) is 15.9. The summed E-state index contributed by atoms with van der Waals surface area (Å²) in [5.41, 5.74) is 3.71. The van der Waals surface area contributed by atoms with E-state index in [9.17, 15) is 4.79 Å². The van der Waals surface area contributed by atoms with E-state index in [-0.39, 0.29) is 11.9 Å². The molecule has 0 aliphatic carbocycles. The summed E-state index contributed by atoms with van der Waals surface area (Å²) in [5, 5.41) is 3.33. The molecule has 0 heterocycles. The standard InChI is InChI=1S/C30H47NOSi/c1-5-6-7-8-9-14-23-33(3,4)24-15-13-18-30(32)31-29(28-16-11-10-12-17-28)25-27-21-19-26(2)20-22-27/h10-12,16-17,19-22,29H,5-9,13-15,18,23-25H2,1-4H3,(H,31,32). The summed E-state index contributed by atoms with van der Waals surface area (Å²) in [7, 11) is -1.12. The van der Waals surface area contributed by atoms with Gasteiger partial charge >= 0.3 is 0 Å². The highest BCUT2D eigenvalue weighted by atomic mass is 28.3. The van der Waals surface area contributed by atoms with Crippen molar-refractivity contribution in [2.45, 2.75) is 109 Å². The molecule has 0 saturated heterocycles. The van der Waals surface area contributed by atoms with Crippen LogP contribution in [-0.2, 0) is 11.2 Å². The van der Waals surface area contributed by atoms with Gasteiger partial charge in [-0.15, -0.1) is 0 Å². The van der Waals surface area contributed by atoms with Gasteiger partial charge in [-0.1, -0.05) is 137 Å². The maximum atomic E-state index is 12.8. The van der Waals surface area contributed by atoms with Gasteiger partial charge in [0.2, 0.25) is 5.91 Å². The molecule has 2 rings (SSSR count). The Morgan fingerprint density at radius 1 is 0.818 bits per heavy atom. The van der Waals surface area contributed by atoms with Gasteiger partial charge in [0.05, 0.1) is 6.04 Å². The lowest BCUT2D eigenvalue weighted by Gasteiger charge is -2.22. The monoisotopic (exact) mass is 465 g/mol. The third-order valence-electron chi connectivity index (χ3n) is 6.81. The summed E-state index contributed by atoms with van der Waals surface area (Å²) in [4.78, 5) is 12.8. The molecular formula is C30H47NOSi. The quantitative estimate of drug-likeness (QED) is 0.195. The molecule has 0 saturated carbocycles. The zero-order valence-electron chi connectivity index (χ0n) is 21.7. The Kier molecular flexibility index (Phi) is 12.5. The minimum Gasteiger partial charge on any atom is -0.349 e. The van der Waals surface area contributed by atoms with Crippen molar-refractivity contribution in [3.05, 3.63) is 71.3 Å². The number of rotatable bonds is 16. The largest absolute Gasteiger partial charge is 0.349 e. The van der Waals surface area contributed by atoms with Crippen molar-refractivity contribution < 1.29 is 4.79 Å². The lowest BCUT2D eigenvalue weighted by Crippen LogP contribution is -2.30. The van der Waals surface area contributed by atoms with Crippen molar-refractivity contribution in [3.63, 3.8) is 0 Å². The van der Waals surface area contributed by atoms with Crippen LogP contribution in [0.3, 0.4) is 0 Å². The fourth-order valence-corrected chi connectivity index (χ4v) is 7.23. The van der Waals surface area contributed by atoms with E-state index in [1.165, 1.54) is 73.7 Å². The fourth-order valence-electron chi connectivity index (χ4n) is 4.56. The first kappa shape index (κ1) is 27.4. The SMILES string of the molecule is CCCCCCCC[Si](C)(C)CCCCC(=O)NC(Cc1ccc(C)cc1)c1ccccc1. The van der Waals surface area contributed by atoms with Crippen LogP contribution in [0.4, 0.5) is 0 Å². The number of benzene rings is 2.